The lowest BCUT2D eigenvalue weighted by molar-refractivity contribution is -0.116. The topological polar surface area (TPSA) is 34.1 Å². The van der Waals surface area contributed by atoms with Crippen LogP contribution in [0.5, 0.6) is 0 Å². The van der Waals surface area contributed by atoms with Crippen molar-refractivity contribution in [3.05, 3.63) is 70.8 Å². The molecule has 0 atom stereocenters. The predicted molar refractivity (Wildman–Crippen MR) is 124 cm³/mol. The van der Waals surface area contributed by atoms with Crippen molar-refractivity contribution in [1.29, 1.82) is 0 Å². The molecule has 2 fully saturated rings. The van der Waals surface area contributed by atoms with Gasteiger partial charge in [-0.15, -0.1) is 0 Å². The molecule has 2 heteroatoms. The molecular formula is C28H30O2. The molecule has 2 nitrogen and oxygen atoms in total. The molecule has 0 spiro atoms. The van der Waals surface area contributed by atoms with Gasteiger partial charge >= 0.3 is 0 Å². The molecule has 4 rings (SSSR count). The largest absolute Gasteiger partial charge is 0.295 e. The summed E-state index contributed by atoms with van der Waals surface area (Å²) in [5, 5.41) is 0. The minimum Gasteiger partial charge on any atom is -0.295 e. The molecule has 0 radical (unpaired) electrons. The third-order valence-corrected chi connectivity index (χ3v) is 6.25. The predicted octanol–water partition coefficient (Wildman–Crippen LogP) is 7.19. The number of hydrogen-bond acceptors (Lipinski definition) is 2. The number of benzene rings is 2. The zero-order valence-electron chi connectivity index (χ0n) is 17.7. The highest BCUT2D eigenvalue weighted by Gasteiger charge is 2.14. The highest BCUT2D eigenvalue weighted by atomic mass is 16.1. The summed E-state index contributed by atoms with van der Waals surface area (Å²) in [6.07, 6.45) is 13.9. The Bertz CT molecular complexity index is 877. The molecule has 0 aromatic heterocycles. The van der Waals surface area contributed by atoms with Crippen LogP contribution in [0.4, 0.5) is 0 Å². The van der Waals surface area contributed by atoms with E-state index in [0.717, 1.165) is 84.8 Å². The number of Topliss-reactive ketones (excluding diaryl/α,β-unsaturated/α-hetero) is 2. The average molecular weight is 399 g/mol. The van der Waals surface area contributed by atoms with E-state index in [1.807, 2.05) is 0 Å². The van der Waals surface area contributed by atoms with Gasteiger partial charge in [-0.2, -0.15) is 0 Å². The Balaban J connectivity index is 1.48. The molecular weight excluding hydrogens is 368 g/mol. The van der Waals surface area contributed by atoms with Gasteiger partial charge in [0.15, 0.2) is 11.6 Å². The highest BCUT2D eigenvalue weighted by molar-refractivity contribution is 6.00. The van der Waals surface area contributed by atoms with E-state index in [4.69, 9.17) is 0 Å². The minimum absolute atomic E-state index is 0.313. The second-order valence-electron chi connectivity index (χ2n) is 8.55. The summed E-state index contributed by atoms with van der Waals surface area (Å²) in [5.41, 5.74) is 6.47. The van der Waals surface area contributed by atoms with Gasteiger partial charge < -0.3 is 0 Å². The van der Waals surface area contributed by atoms with Gasteiger partial charge in [-0.25, -0.2) is 0 Å². The number of allylic oxidation sites excluding steroid dienone is 2. The quantitative estimate of drug-likeness (QED) is 0.405. The smallest absolute Gasteiger partial charge is 0.158 e. The Kier molecular flexibility index (Phi) is 6.74. The van der Waals surface area contributed by atoms with Crippen LogP contribution in [0.1, 0.15) is 75.3 Å². The van der Waals surface area contributed by atoms with Crippen LogP contribution in [0.25, 0.3) is 23.3 Å². The molecule has 0 N–H and O–H groups in total. The molecule has 0 bridgehead atoms. The first-order chi connectivity index (χ1) is 14.7. The molecule has 30 heavy (non-hydrogen) atoms. The number of carbonyl (C=O) groups excluding carboxylic acids is 2. The van der Waals surface area contributed by atoms with Crippen LogP contribution in [0.15, 0.2) is 59.7 Å². The third kappa shape index (κ3) is 5.24. The minimum atomic E-state index is 0.313. The molecule has 2 aromatic carbocycles. The third-order valence-electron chi connectivity index (χ3n) is 6.25. The zero-order valence-corrected chi connectivity index (χ0v) is 17.7. The Morgan fingerprint density at radius 3 is 1.23 bits per heavy atom. The van der Waals surface area contributed by atoms with Crippen molar-refractivity contribution in [3.8, 4) is 11.1 Å². The van der Waals surface area contributed by atoms with Crippen molar-refractivity contribution in [2.24, 2.45) is 0 Å². The van der Waals surface area contributed by atoms with Crippen molar-refractivity contribution >= 4 is 23.7 Å². The highest BCUT2D eigenvalue weighted by Crippen LogP contribution is 2.26. The maximum atomic E-state index is 12.2. The van der Waals surface area contributed by atoms with Crippen LogP contribution in [-0.4, -0.2) is 11.6 Å². The fourth-order valence-corrected chi connectivity index (χ4v) is 4.41. The summed E-state index contributed by atoms with van der Waals surface area (Å²) >= 11 is 0. The van der Waals surface area contributed by atoms with Gasteiger partial charge in [-0.3, -0.25) is 9.59 Å². The summed E-state index contributed by atoms with van der Waals surface area (Å²) in [5.74, 6) is 0.627. The monoisotopic (exact) mass is 398 g/mol. The molecule has 0 amide bonds. The normalized spacial score (nSPS) is 20.9. The van der Waals surface area contributed by atoms with E-state index in [0.29, 0.717) is 24.4 Å². The lowest BCUT2D eigenvalue weighted by Crippen LogP contribution is -1.99. The summed E-state index contributed by atoms with van der Waals surface area (Å²) in [7, 11) is 0. The maximum absolute atomic E-state index is 12.2. The zero-order chi connectivity index (χ0) is 20.8. The Morgan fingerprint density at radius 2 is 0.833 bits per heavy atom. The summed E-state index contributed by atoms with van der Waals surface area (Å²) in [4.78, 5) is 24.5. The Hall–Kier alpha value is -2.74. The van der Waals surface area contributed by atoms with Crippen molar-refractivity contribution in [3.63, 3.8) is 0 Å². The van der Waals surface area contributed by atoms with Crippen LogP contribution in [0, 0.1) is 0 Å². The Labute approximate surface area is 179 Å². The van der Waals surface area contributed by atoms with Crippen LogP contribution in [0.3, 0.4) is 0 Å². The molecule has 0 unspecified atom stereocenters. The molecule has 154 valence electrons. The second-order valence-corrected chi connectivity index (χ2v) is 8.55. The molecule has 2 saturated carbocycles. The van der Waals surface area contributed by atoms with Gasteiger partial charge in [0.25, 0.3) is 0 Å². The van der Waals surface area contributed by atoms with E-state index in [1.165, 1.54) is 0 Å². The first kappa shape index (κ1) is 20.5. The molecule has 0 saturated heterocycles. The van der Waals surface area contributed by atoms with E-state index in [-0.39, 0.29) is 0 Å². The number of ketones is 2. The fraction of sp³-hybridized carbons (Fsp3) is 0.357. The first-order valence-corrected chi connectivity index (χ1v) is 11.4. The number of hydrogen-bond donors (Lipinski definition) is 0. The van der Waals surface area contributed by atoms with E-state index in [1.54, 1.807) is 0 Å². The Morgan fingerprint density at radius 1 is 0.467 bits per heavy atom. The molecule has 2 aromatic rings. The van der Waals surface area contributed by atoms with Crippen molar-refractivity contribution in [1.82, 2.24) is 0 Å². The molecule has 0 heterocycles. The number of rotatable bonds is 3. The van der Waals surface area contributed by atoms with Gasteiger partial charge in [0.2, 0.25) is 0 Å². The summed E-state index contributed by atoms with van der Waals surface area (Å²) in [6.45, 7) is 0. The van der Waals surface area contributed by atoms with Crippen molar-refractivity contribution < 1.29 is 9.59 Å². The van der Waals surface area contributed by atoms with Crippen molar-refractivity contribution in [2.45, 2.75) is 64.2 Å². The van der Waals surface area contributed by atoms with Gasteiger partial charge in [-0.1, -0.05) is 61.4 Å². The standard InChI is InChI=1S/C28H30O2/c29-27-9-5-1-3-7-25(27)19-21-11-15-23(16-12-21)24-17-13-22(14-18-24)20-26-8-4-2-6-10-28(26)30/h11-20H,1-10H2. The van der Waals surface area contributed by atoms with Crippen LogP contribution in [0.2, 0.25) is 0 Å². The van der Waals surface area contributed by atoms with Crippen LogP contribution in [-0.2, 0) is 9.59 Å². The average Bonchev–Trinajstić information content (AvgIpc) is 3.10. The molecule has 0 aliphatic heterocycles. The van der Waals surface area contributed by atoms with Gasteiger partial charge in [0.05, 0.1) is 0 Å². The summed E-state index contributed by atoms with van der Waals surface area (Å²) in [6, 6.07) is 16.9. The van der Waals surface area contributed by atoms with Gasteiger partial charge in [0, 0.05) is 12.8 Å². The molecule has 2 aliphatic rings. The van der Waals surface area contributed by atoms with E-state index in [9.17, 15) is 9.59 Å². The second kappa shape index (κ2) is 9.84. The lowest BCUT2D eigenvalue weighted by atomic mass is 9.98. The van der Waals surface area contributed by atoms with Gasteiger partial charge in [0.1, 0.15) is 0 Å². The maximum Gasteiger partial charge on any atom is 0.158 e. The molecule has 2 aliphatic carbocycles. The van der Waals surface area contributed by atoms with E-state index >= 15 is 0 Å². The lowest BCUT2D eigenvalue weighted by Gasteiger charge is -2.06. The van der Waals surface area contributed by atoms with E-state index < -0.39 is 0 Å². The summed E-state index contributed by atoms with van der Waals surface area (Å²) < 4.78 is 0. The number of carbonyl (C=O) groups is 2. The SMILES string of the molecule is O=C1CCCCCC1=Cc1ccc(-c2ccc(C=C3CCCCCC3=O)cc2)cc1. The first-order valence-electron chi connectivity index (χ1n) is 11.4. The van der Waals surface area contributed by atoms with Crippen LogP contribution >= 0.6 is 0 Å². The van der Waals surface area contributed by atoms with Gasteiger partial charge in [-0.05, 0) is 84.1 Å². The fourth-order valence-electron chi connectivity index (χ4n) is 4.41. The van der Waals surface area contributed by atoms with Crippen molar-refractivity contribution in [2.75, 3.05) is 0 Å². The van der Waals surface area contributed by atoms with E-state index in [2.05, 4.69) is 60.7 Å². The van der Waals surface area contributed by atoms with Crippen LogP contribution < -0.4 is 0 Å².